The van der Waals surface area contributed by atoms with Gasteiger partial charge in [0.25, 0.3) is 5.91 Å². The van der Waals surface area contributed by atoms with Crippen LogP contribution in [0.15, 0.2) is 66.3 Å². The van der Waals surface area contributed by atoms with Crippen molar-refractivity contribution in [3.8, 4) is 22.5 Å². The second kappa shape index (κ2) is 8.90. The molecular weight excluding hydrogens is 460 g/mol. The second-order valence-corrected chi connectivity index (χ2v) is 9.01. The van der Waals surface area contributed by atoms with Crippen molar-refractivity contribution in [3.63, 3.8) is 0 Å². The number of benzene rings is 2. The summed E-state index contributed by atoms with van der Waals surface area (Å²) in [7, 11) is 0. The highest BCUT2D eigenvalue weighted by atomic mass is 32.1. The topological polar surface area (TPSA) is 123 Å². The van der Waals surface area contributed by atoms with Gasteiger partial charge in [-0.2, -0.15) is 0 Å². The molecule has 1 fully saturated rings. The van der Waals surface area contributed by atoms with Crippen LogP contribution >= 0.6 is 11.5 Å². The number of nitrogens with one attached hydrogen (secondary N) is 2. The van der Waals surface area contributed by atoms with Crippen molar-refractivity contribution < 1.29 is 4.79 Å². The van der Waals surface area contributed by atoms with Crippen LogP contribution in [0.5, 0.6) is 0 Å². The fourth-order valence-corrected chi connectivity index (χ4v) is 4.93. The zero-order valence-electron chi connectivity index (χ0n) is 18.7. The van der Waals surface area contributed by atoms with Gasteiger partial charge in [-0.15, -0.1) is 5.10 Å². The van der Waals surface area contributed by atoms with Gasteiger partial charge in [-0.3, -0.25) is 9.20 Å². The number of hydrogen-bond acceptors (Lipinski definition) is 8. The molecule has 6 rings (SSSR count). The lowest BCUT2D eigenvalue weighted by Crippen LogP contribution is -2.16. The van der Waals surface area contributed by atoms with Crippen LogP contribution in [0.25, 0.3) is 28.0 Å². The summed E-state index contributed by atoms with van der Waals surface area (Å²) < 4.78 is 5.90. The number of amides is 1. The molecule has 1 amide bonds. The molecule has 35 heavy (non-hydrogen) atoms. The predicted molar refractivity (Wildman–Crippen MR) is 136 cm³/mol. The van der Waals surface area contributed by atoms with E-state index in [-0.39, 0.29) is 11.9 Å². The summed E-state index contributed by atoms with van der Waals surface area (Å²) in [5.41, 5.74) is 11.5. The monoisotopic (exact) mass is 482 g/mol. The lowest BCUT2D eigenvalue weighted by atomic mass is 10.1. The third-order valence-electron chi connectivity index (χ3n) is 6.18. The SMILES string of the molecule is Nc1nccn2c([C@@H]3CCCN3)nc(-c3cccc(C(=O)Nc4ccc(-c5csnn5)cc4)c3)c12. The molecule has 0 saturated carbocycles. The highest BCUT2D eigenvalue weighted by Crippen LogP contribution is 2.33. The molecule has 2 aromatic carbocycles. The Hall–Kier alpha value is -4.15. The van der Waals surface area contributed by atoms with Gasteiger partial charge in [-0.05, 0) is 55.2 Å². The second-order valence-electron chi connectivity index (χ2n) is 8.40. The molecule has 0 unspecified atom stereocenters. The molecule has 1 saturated heterocycles. The molecule has 174 valence electrons. The van der Waals surface area contributed by atoms with Crippen LogP contribution in [-0.4, -0.2) is 36.4 Å². The van der Waals surface area contributed by atoms with E-state index in [0.29, 0.717) is 17.1 Å². The van der Waals surface area contributed by atoms with Gasteiger partial charge < -0.3 is 16.4 Å². The number of nitrogens with zero attached hydrogens (tertiary/aromatic N) is 5. The maximum absolute atomic E-state index is 13.1. The summed E-state index contributed by atoms with van der Waals surface area (Å²) in [6.45, 7) is 0.965. The molecule has 4 heterocycles. The number of nitrogen functional groups attached to an aromatic ring is 1. The van der Waals surface area contributed by atoms with Gasteiger partial charge in [0.05, 0.1) is 6.04 Å². The van der Waals surface area contributed by atoms with E-state index in [1.165, 1.54) is 11.5 Å². The van der Waals surface area contributed by atoms with E-state index in [9.17, 15) is 4.79 Å². The fraction of sp³-hybridized carbons (Fsp3) is 0.160. The van der Waals surface area contributed by atoms with Crippen LogP contribution in [0.3, 0.4) is 0 Å². The van der Waals surface area contributed by atoms with E-state index in [1.54, 1.807) is 12.3 Å². The van der Waals surface area contributed by atoms with Crippen LogP contribution in [0, 0.1) is 0 Å². The number of aromatic nitrogens is 5. The Morgan fingerprint density at radius 3 is 2.83 bits per heavy atom. The molecule has 0 spiro atoms. The smallest absolute Gasteiger partial charge is 0.255 e. The zero-order chi connectivity index (χ0) is 23.8. The molecule has 0 bridgehead atoms. The average Bonchev–Trinajstić information content (AvgIpc) is 3.66. The van der Waals surface area contributed by atoms with Crippen molar-refractivity contribution in [2.75, 3.05) is 17.6 Å². The van der Waals surface area contributed by atoms with Crippen LogP contribution in [0.1, 0.15) is 35.1 Å². The molecule has 4 N–H and O–H groups in total. The van der Waals surface area contributed by atoms with Crippen molar-refractivity contribution in [2.45, 2.75) is 18.9 Å². The summed E-state index contributed by atoms with van der Waals surface area (Å²) in [6.07, 6.45) is 5.69. The van der Waals surface area contributed by atoms with E-state index in [1.807, 2.05) is 58.4 Å². The van der Waals surface area contributed by atoms with Crippen LogP contribution < -0.4 is 16.4 Å². The number of rotatable bonds is 5. The standard InChI is InChI=1S/C25H22N8OS/c26-23-22-21(30-24(19-5-2-10-27-19)33(22)12-11-28-23)16-3-1-4-17(13-16)25(34)29-18-8-6-15(7-9-18)20-14-35-32-31-20/h1,3-4,6-9,11-14,19,27H,2,5,10H2,(H2,26,28)(H,29,34)/t19-/m0/s1. The first-order valence-electron chi connectivity index (χ1n) is 11.3. The maximum atomic E-state index is 13.1. The Labute approximate surface area is 205 Å². The number of carbonyl (C=O) groups is 1. The molecule has 10 heteroatoms. The van der Waals surface area contributed by atoms with E-state index >= 15 is 0 Å². The first kappa shape index (κ1) is 21.4. The van der Waals surface area contributed by atoms with Gasteiger partial charge in [-0.25, -0.2) is 9.97 Å². The van der Waals surface area contributed by atoms with Crippen LogP contribution in [0.4, 0.5) is 11.5 Å². The Kier molecular flexibility index (Phi) is 5.44. The van der Waals surface area contributed by atoms with Crippen LogP contribution in [-0.2, 0) is 0 Å². The molecule has 1 atom stereocenters. The summed E-state index contributed by atoms with van der Waals surface area (Å²) >= 11 is 1.30. The first-order chi connectivity index (χ1) is 17.2. The number of imidazole rings is 1. The summed E-state index contributed by atoms with van der Waals surface area (Å²) in [6, 6.07) is 15.1. The van der Waals surface area contributed by atoms with Crippen molar-refractivity contribution >= 4 is 34.5 Å². The molecule has 0 radical (unpaired) electrons. The minimum atomic E-state index is -0.206. The molecule has 1 aliphatic rings. The Balaban J connectivity index is 1.30. The molecular formula is C25H22N8OS. The maximum Gasteiger partial charge on any atom is 0.255 e. The third-order valence-corrected chi connectivity index (χ3v) is 6.68. The van der Waals surface area contributed by atoms with Crippen molar-refractivity contribution in [1.29, 1.82) is 0 Å². The summed E-state index contributed by atoms with van der Waals surface area (Å²) in [5.74, 6) is 1.11. The van der Waals surface area contributed by atoms with E-state index in [0.717, 1.165) is 53.2 Å². The summed E-state index contributed by atoms with van der Waals surface area (Å²) in [4.78, 5) is 22.3. The Bertz CT molecular complexity index is 1500. The van der Waals surface area contributed by atoms with Gasteiger partial charge in [0.2, 0.25) is 0 Å². The van der Waals surface area contributed by atoms with Gasteiger partial charge >= 0.3 is 0 Å². The van der Waals surface area contributed by atoms with Crippen molar-refractivity contribution in [2.24, 2.45) is 0 Å². The minimum absolute atomic E-state index is 0.160. The van der Waals surface area contributed by atoms with Crippen molar-refractivity contribution in [3.05, 3.63) is 77.7 Å². The third kappa shape index (κ3) is 4.02. The lowest BCUT2D eigenvalue weighted by Gasteiger charge is -2.08. The highest BCUT2D eigenvalue weighted by molar-refractivity contribution is 7.03. The van der Waals surface area contributed by atoms with E-state index in [2.05, 4.69) is 25.2 Å². The molecule has 0 aliphatic carbocycles. The summed E-state index contributed by atoms with van der Waals surface area (Å²) in [5, 5.41) is 12.4. The lowest BCUT2D eigenvalue weighted by molar-refractivity contribution is 0.102. The van der Waals surface area contributed by atoms with E-state index < -0.39 is 0 Å². The van der Waals surface area contributed by atoms with E-state index in [4.69, 9.17) is 10.7 Å². The van der Waals surface area contributed by atoms with Gasteiger partial charge in [0.1, 0.15) is 28.5 Å². The number of fused-ring (bicyclic) bond motifs is 1. The molecule has 5 aromatic rings. The average molecular weight is 483 g/mol. The number of carbonyl (C=O) groups excluding carboxylic acids is 1. The zero-order valence-corrected chi connectivity index (χ0v) is 19.5. The Morgan fingerprint density at radius 1 is 1.17 bits per heavy atom. The van der Waals surface area contributed by atoms with Crippen LogP contribution in [0.2, 0.25) is 0 Å². The molecule has 3 aromatic heterocycles. The minimum Gasteiger partial charge on any atom is -0.382 e. The molecule has 1 aliphatic heterocycles. The van der Waals surface area contributed by atoms with Gasteiger partial charge in [0, 0.05) is 40.2 Å². The number of hydrogen-bond donors (Lipinski definition) is 3. The largest absolute Gasteiger partial charge is 0.382 e. The Morgan fingerprint density at radius 2 is 2.06 bits per heavy atom. The molecule has 9 nitrogen and oxygen atoms in total. The van der Waals surface area contributed by atoms with Gasteiger partial charge in [-0.1, -0.05) is 28.8 Å². The highest BCUT2D eigenvalue weighted by Gasteiger charge is 2.25. The fourth-order valence-electron chi connectivity index (χ4n) is 4.46. The predicted octanol–water partition coefficient (Wildman–Crippen LogP) is 4.17. The first-order valence-corrected chi connectivity index (χ1v) is 12.2. The van der Waals surface area contributed by atoms with Crippen molar-refractivity contribution in [1.82, 2.24) is 29.3 Å². The number of nitrogens with two attached hydrogens (primary N) is 1. The normalized spacial score (nSPS) is 15.5. The number of anilines is 2. The quantitative estimate of drug-likeness (QED) is 0.343. The van der Waals surface area contributed by atoms with Gasteiger partial charge in [0.15, 0.2) is 0 Å².